The number of rotatable bonds is 4. The molecule has 4 aromatic rings. The van der Waals surface area contributed by atoms with Gasteiger partial charge in [-0.15, -0.1) is 6.42 Å². The van der Waals surface area contributed by atoms with Gasteiger partial charge in [0.05, 0.1) is 11.3 Å². The monoisotopic (exact) mass is 412 g/mol. The molecule has 0 aliphatic heterocycles. The molecule has 3 heterocycles. The number of aryl methyl sites for hydroxylation is 2. The zero-order chi connectivity index (χ0) is 22.0. The van der Waals surface area contributed by atoms with Crippen molar-refractivity contribution >= 4 is 5.82 Å². The molecule has 0 aliphatic rings. The number of halogens is 1. The lowest BCUT2D eigenvalue weighted by molar-refractivity contribution is 0.410. The molecule has 8 heteroatoms. The van der Waals surface area contributed by atoms with Crippen molar-refractivity contribution in [3.8, 4) is 46.5 Å². The fourth-order valence-corrected chi connectivity index (χ4v) is 3.08. The molecule has 0 unspecified atom stereocenters. The number of benzene rings is 1. The molecule has 0 aliphatic carbocycles. The van der Waals surface area contributed by atoms with Crippen LogP contribution in [0.4, 0.5) is 10.2 Å². The van der Waals surface area contributed by atoms with Gasteiger partial charge in [-0.05, 0) is 49.2 Å². The van der Waals surface area contributed by atoms with Crippen molar-refractivity contribution in [3.63, 3.8) is 0 Å². The lowest BCUT2D eigenvalue weighted by Crippen LogP contribution is -2.01. The fraction of sp³-hybridized carbons (Fsp3) is 0.0870. The number of anilines is 1. The van der Waals surface area contributed by atoms with Crippen LogP contribution in [0.1, 0.15) is 17.0 Å². The van der Waals surface area contributed by atoms with Gasteiger partial charge < -0.3 is 10.5 Å². The Bertz CT molecular complexity index is 1330. The molecule has 0 fully saturated rings. The second kappa shape index (κ2) is 8.16. The quantitative estimate of drug-likeness (QED) is 0.504. The molecule has 0 saturated carbocycles. The third kappa shape index (κ3) is 4.02. The minimum atomic E-state index is -0.602. The minimum absolute atomic E-state index is 0.0115. The number of hydrogen-bond acceptors (Lipinski definition) is 7. The molecule has 152 valence electrons. The number of ether oxygens (including phenoxy) is 1. The molecule has 0 bridgehead atoms. The van der Waals surface area contributed by atoms with Crippen LogP contribution in [-0.2, 0) is 0 Å². The molecular formula is C23H17FN6O. The van der Waals surface area contributed by atoms with Gasteiger partial charge in [0.1, 0.15) is 17.8 Å². The van der Waals surface area contributed by atoms with E-state index in [9.17, 15) is 4.39 Å². The third-order valence-electron chi connectivity index (χ3n) is 4.58. The summed E-state index contributed by atoms with van der Waals surface area (Å²) in [7, 11) is 0. The highest BCUT2D eigenvalue weighted by atomic mass is 19.1. The standard InChI is InChI=1S/C23H17FN6O/c1-4-16-9-13(2)17(11-27-16)21-20(22(25)29-12-28-21)15-5-6-19(18(24)10-15)31-23-26-8-7-14(3)30-23/h1,5-12H,2-3H3,(H2,25,28,29). The zero-order valence-corrected chi connectivity index (χ0v) is 16.8. The highest BCUT2D eigenvalue weighted by Crippen LogP contribution is 2.37. The van der Waals surface area contributed by atoms with Gasteiger partial charge in [-0.25, -0.2) is 29.3 Å². The fourth-order valence-electron chi connectivity index (χ4n) is 3.08. The first kappa shape index (κ1) is 19.9. The maximum Gasteiger partial charge on any atom is 0.322 e. The maximum atomic E-state index is 14.9. The van der Waals surface area contributed by atoms with Crippen molar-refractivity contribution in [2.24, 2.45) is 0 Å². The number of nitrogens with zero attached hydrogens (tertiary/aromatic N) is 5. The zero-order valence-electron chi connectivity index (χ0n) is 16.8. The smallest absolute Gasteiger partial charge is 0.322 e. The molecule has 31 heavy (non-hydrogen) atoms. The van der Waals surface area contributed by atoms with Crippen molar-refractivity contribution < 1.29 is 9.13 Å². The highest BCUT2D eigenvalue weighted by molar-refractivity contribution is 5.88. The molecule has 0 spiro atoms. The van der Waals surface area contributed by atoms with Crippen LogP contribution in [0.2, 0.25) is 0 Å². The van der Waals surface area contributed by atoms with E-state index >= 15 is 0 Å². The summed E-state index contributed by atoms with van der Waals surface area (Å²) in [4.78, 5) is 20.8. The van der Waals surface area contributed by atoms with E-state index in [2.05, 4.69) is 30.8 Å². The van der Waals surface area contributed by atoms with Gasteiger partial charge in [0.2, 0.25) is 0 Å². The number of pyridine rings is 1. The Morgan fingerprint density at radius 1 is 1.06 bits per heavy atom. The van der Waals surface area contributed by atoms with E-state index in [1.165, 1.54) is 18.5 Å². The van der Waals surface area contributed by atoms with Gasteiger partial charge in [0, 0.05) is 23.7 Å². The predicted octanol–water partition coefficient (Wildman–Crippen LogP) is 4.11. The molecule has 0 radical (unpaired) electrons. The van der Waals surface area contributed by atoms with Crippen LogP contribution in [-0.4, -0.2) is 24.9 Å². The number of aromatic nitrogens is 5. The summed E-state index contributed by atoms with van der Waals surface area (Å²) < 4.78 is 20.4. The van der Waals surface area contributed by atoms with Crippen LogP contribution in [0, 0.1) is 32.0 Å². The molecule has 7 nitrogen and oxygen atoms in total. The van der Waals surface area contributed by atoms with E-state index < -0.39 is 5.82 Å². The van der Waals surface area contributed by atoms with E-state index in [0.29, 0.717) is 28.2 Å². The summed E-state index contributed by atoms with van der Waals surface area (Å²) in [5.74, 6) is 2.09. The Labute approximate surface area is 178 Å². The van der Waals surface area contributed by atoms with Crippen LogP contribution in [0.25, 0.3) is 22.4 Å². The molecule has 3 aromatic heterocycles. The summed E-state index contributed by atoms with van der Waals surface area (Å²) in [6.07, 6.45) is 9.94. The van der Waals surface area contributed by atoms with Gasteiger partial charge in [-0.3, -0.25) is 0 Å². The van der Waals surface area contributed by atoms with Gasteiger partial charge in [-0.1, -0.05) is 12.0 Å². The first-order valence-corrected chi connectivity index (χ1v) is 9.28. The Hall–Kier alpha value is -4.38. The summed E-state index contributed by atoms with van der Waals surface area (Å²) >= 11 is 0. The Kier molecular flexibility index (Phi) is 5.24. The second-order valence-corrected chi connectivity index (χ2v) is 6.74. The van der Waals surface area contributed by atoms with Crippen LogP contribution >= 0.6 is 0 Å². The molecule has 4 rings (SSSR count). The van der Waals surface area contributed by atoms with E-state index in [0.717, 1.165) is 11.1 Å². The van der Waals surface area contributed by atoms with E-state index in [1.54, 1.807) is 37.5 Å². The van der Waals surface area contributed by atoms with Gasteiger partial charge in [0.25, 0.3) is 0 Å². The highest BCUT2D eigenvalue weighted by Gasteiger charge is 2.18. The Morgan fingerprint density at radius 2 is 1.90 bits per heavy atom. The molecule has 1 aromatic carbocycles. The van der Waals surface area contributed by atoms with Crippen molar-refractivity contribution in [1.82, 2.24) is 24.9 Å². The molecular weight excluding hydrogens is 395 g/mol. The van der Waals surface area contributed by atoms with E-state index in [1.807, 2.05) is 6.92 Å². The van der Waals surface area contributed by atoms with Crippen LogP contribution in [0.5, 0.6) is 11.8 Å². The lowest BCUT2D eigenvalue weighted by Gasteiger charge is -2.14. The SMILES string of the molecule is C#Cc1cc(C)c(-c2ncnc(N)c2-c2ccc(Oc3nccc(C)n3)c(F)c2)cn1. The Morgan fingerprint density at radius 3 is 2.61 bits per heavy atom. The largest absolute Gasteiger partial charge is 0.421 e. The van der Waals surface area contributed by atoms with Crippen LogP contribution < -0.4 is 10.5 Å². The van der Waals surface area contributed by atoms with Crippen molar-refractivity contribution in [2.75, 3.05) is 5.73 Å². The second-order valence-electron chi connectivity index (χ2n) is 6.74. The van der Waals surface area contributed by atoms with Gasteiger partial charge in [0.15, 0.2) is 11.6 Å². The summed E-state index contributed by atoms with van der Waals surface area (Å²) in [6, 6.07) is 8.02. The molecule has 0 saturated heterocycles. The lowest BCUT2D eigenvalue weighted by atomic mass is 9.97. The number of hydrogen-bond donors (Lipinski definition) is 1. The number of nitrogen functional groups attached to an aromatic ring is 1. The van der Waals surface area contributed by atoms with Crippen molar-refractivity contribution in [1.29, 1.82) is 0 Å². The molecule has 0 amide bonds. The van der Waals surface area contributed by atoms with Crippen molar-refractivity contribution in [2.45, 2.75) is 13.8 Å². The first-order valence-electron chi connectivity index (χ1n) is 9.28. The van der Waals surface area contributed by atoms with Crippen LogP contribution in [0.15, 0.2) is 49.1 Å². The van der Waals surface area contributed by atoms with Crippen LogP contribution in [0.3, 0.4) is 0 Å². The minimum Gasteiger partial charge on any atom is -0.421 e. The van der Waals surface area contributed by atoms with Gasteiger partial charge in [-0.2, -0.15) is 0 Å². The first-order chi connectivity index (χ1) is 15.0. The predicted molar refractivity (Wildman–Crippen MR) is 115 cm³/mol. The maximum absolute atomic E-state index is 14.9. The molecule has 2 N–H and O–H groups in total. The Balaban J connectivity index is 1.77. The average Bonchev–Trinajstić information content (AvgIpc) is 2.75. The average molecular weight is 412 g/mol. The topological polar surface area (TPSA) is 99.7 Å². The van der Waals surface area contributed by atoms with E-state index in [-0.39, 0.29) is 17.6 Å². The summed E-state index contributed by atoms with van der Waals surface area (Å²) in [5.41, 5.74) is 10.4. The summed E-state index contributed by atoms with van der Waals surface area (Å²) in [6.45, 7) is 3.68. The normalized spacial score (nSPS) is 10.5. The molecule has 0 atom stereocenters. The third-order valence-corrected chi connectivity index (χ3v) is 4.58. The summed E-state index contributed by atoms with van der Waals surface area (Å²) in [5, 5.41) is 0. The number of terminal acetylenes is 1. The van der Waals surface area contributed by atoms with E-state index in [4.69, 9.17) is 16.9 Å². The van der Waals surface area contributed by atoms with Crippen molar-refractivity contribution in [3.05, 3.63) is 71.8 Å². The number of nitrogens with two attached hydrogens (primary N) is 1. The van der Waals surface area contributed by atoms with Gasteiger partial charge >= 0.3 is 6.01 Å².